The van der Waals surface area contributed by atoms with Gasteiger partial charge in [-0.15, -0.1) is 0 Å². The molecule has 0 fully saturated rings. The normalized spacial score (nSPS) is 9.69. The second-order valence-electron chi connectivity index (χ2n) is 2.39. The van der Waals surface area contributed by atoms with Crippen LogP contribution in [0.4, 0.5) is 9.18 Å². The zero-order valence-electron chi connectivity index (χ0n) is 6.55. The maximum Gasteiger partial charge on any atom is 0.404 e. The van der Waals surface area contributed by atoms with Crippen molar-refractivity contribution >= 4 is 17.7 Å². The Kier molecular flexibility index (Phi) is 3.08. The van der Waals surface area contributed by atoms with Crippen molar-refractivity contribution in [1.29, 1.82) is 0 Å². The van der Waals surface area contributed by atoms with Gasteiger partial charge in [-0.3, -0.25) is 0 Å². The second-order valence-corrected chi connectivity index (χ2v) is 2.80. The van der Waals surface area contributed by atoms with E-state index < -0.39 is 11.9 Å². The number of hydrogen-bond donors (Lipinski definition) is 2. The van der Waals surface area contributed by atoms with Gasteiger partial charge in [0.1, 0.15) is 5.82 Å². The van der Waals surface area contributed by atoms with Crippen molar-refractivity contribution in [2.45, 2.75) is 6.54 Å². The number of rotatable bonds is 2. The molecule has 1 rings (SSSR count). The van der Waals surface area contributed by atoms with E-state index >= 15 is 0 Å². The van der Waals surface area contributed by atoms with Crippen molar-refractivity contribution < 1.29 is 14.3 Å². The highest BCUT2D eigenvalue weighted by Gasteiger charge is 2.02. The summed E-state index contributed by atoms with van der Waals surface area (Å²) in [5.41, 5.74) is 0.547. The average molecular weight is 204 g/mol. The summed E-state index contributed by atoms with van der Waals surface area (Å²) >= 11 is 5.64. The molecule has 0 aliphatic carbocycles. The van der Waals surface area contributed by atoms with E-state index in [-0.39, 0.29) is 11.6 Å². The Labute approximate surface area is 79.1 Å². The van der Waals surface area contributed by atoms with E-state index in [0.29, 0.717) is 5.56 Å². The third-order valence-electron chi connectivity index (χ3n) is 1.45. The summed E-state index contributed by atoms with van der Waals surface area (Å²) in [6.45, 7) is 0.0778. The van der Waals surface area contributed by atoms with Gasteiger partial charge in [-0.2, -0.15) is 0 Å². The fourth-order valence-electron chi connectivity index (χ4n) is 0.836. The van der Waals surface area contributed by atoms with Crippen molar-refractivity contribution in [3.05, 3.63) is 34.6 Å². The zero-order chi connectivity index (χ0) is 9.84. The SMILES string of the molecule is O=C(O)NCc1ccc(F)cc1Cl. The summed E-state index contributed by atoms with van der Waals surface area (Å²) in [6, 6.07) is 3.80. The minimum absolute atomic E-state index is 0.0778. The minimum Gasteiger partial charge on any atom is -0.465 e. The predicted octanol–water partition coefficient (Wildman–Crippen LogP) is 2.25. The van der Waals surface area contributed by atoms with Gasteiger partial charge in [-0.25, -0.2) is 9.18 Å². The molecule has 0 aliphatic rings. The first-order valence-corrected chi connectivity index (χ1v) is 3.88. The molecule has 1 aromatic carbocycles. The Balaban J connectivity index is 2.72. The summed E-state index contributed by atoms with van der Waals surface area (Å²) in [4.78, 5) is 10.1. The molecule has 0 heterocycles. The van der Waals surface area contributed by atoms with Crippen molar-refractivity contribution in [2.24, 2.45) is 0 Å². The summed E-state index contributed by atoms with van der Waals surface area (Å²) in [6.07, 6.45) is -1.14. The molecule has 0 radical (unpaired) electrons. The molecule has 1 amide bonds. The molecule has 3 nitrogen and oxygen atoms in total. The molecule has 0 bridgehead atoms. The van der Waals surface area contributed by atoms with Crippen molar-refractivity contribution in [2.75, 3.05) is 0 Å². The van der Waals surface area contributed by atoms with E-state index in [0.717, 1.165) is 6.07 Å². The van der Waals surface area contributed by atoms with Gasteiger partial charge in [0.05, 0.1) is 0 Å². The summed E-state index contributed by atoms with van der Waals surface area (Å²) < 4.78 is 12.5. The van der Waals surface area contributed by atoms with Crippen LogP contribution in [-0.4, -0.2) is 11.2 Å². The molecule has 0 aromatic heterocycles. The largest absolute Gasteiger partial charge is 0.465 e. The van der Waals surface area contributed by atoms with E-state index in [1.165, 1.54) is 12.1 Å². The van der Waals surface area contributed by atoms with Crippen LogP contribution in [0.5, 0.6) is 0 Å². The fraction of sp³-hybridized carbons (Fsp3) is 0.125. The quantitative estimate of drug-likeness (QED) is 0.775. The molecule has 2 N–H and O–H groups in total. The van der Waals surface area contributed by atoms with Crippen LogP contribution in [0.2, 0.25) is 5.02 Å². The van der Waals surface area contributed by atoms with Crippen LogP contribution >= 0.6 is 11.6 Å². The topological polar surface area (TPSA) is 49.3 Å². The highest BCUT2D eigenvalue weighted by molar-refractivity contribution is 6.31. The Morgan fingerprint density at radius 1 is 1.62 bits per heavy atom. The number of nitrogens with one attached hydrogen (secondary N) is 1. The zero-order valence-corrected chi connectivity index (χ0v) is 7.31. The van der Waals surface area contributed by atoms with Gasteiger partial charge < -0.3 is 10.4 Å². The van der Waals surface area contributed by atoms with Crippen molar-refractivity contribution in [3.8, 4) is 0 Å². The Bertz CT molecular complexity index is 330. The molecule has 0 spiro atoms. The molecule has 0 atom stereocenters. The van der Waals surface area contributed by atoms with E-state index in [1.54, 1.807) is 0 Å². The van der Waals surface area contributed by atoms with Crippen LogP contribution in [0, 0.1) is 5.82 Å². The van der Waals surface area contributed by atoms with Crippen LogP contribution in [0.25, 0.3) is 0 Å². The standard InChI is InChI=1S/C8H7ClFNO2/c9-7-3-6(10)2-1-5(7)4-11-8(12)13/h1-3,11H,4H2,(H,12,13). The molecule has 0 saturated carbocycles. The third-order valence-corrected chi connectivity index (χ3v) is 1.80. The van der Waals surface area contributed by atoms with Crippen LogP contribution in [0.3, 0.4) is 0 Å². The summed E-state index contributed by atoms with van der Waals surface area (Å²) in [7, 11) is 0. The van der Waals surface area contributed by atoms with Crippen LogP contribution in [0.15, 0.2) is 18.2 Å². The second kappa shape index (κ2) is 4.09. The molecule has 1 aromatic rings. The fourth-order valence-corrected chi connectivity index (χ4v) is 1.07. The molecular formula is C8H7ClFNO2. The maximum atomic E-state index is 12.5. The lowest BCUT2D eigenvalue weighted by atomic mass is 10.2. The lowest BCUT2D eigenvalue weighted by Gasteiger charge is -2.03. The molecular weight excluding hydrogens is 197 g/mol. The van der Waals surface area contributed by atoms with Gasteiger partial charge in [-0.1, -0.05) is 17.7 Å². The van der Waals surface area contributed by atoms with E-state index in [9.17, 15) is 9.18 Å². The number of benzene rings is 1. The molecule has 0 saturated heterocycles. The van der Waals surface area contributed by atoms with Crippen LogP contribution < -0.4 is 5.32 Å². The molecule has 0 unspecified atom stereocenters. The van der Waals surface area contributed by atoms with Crippen molar-refractivity contribution in [3.63, 3.8) is 0 Å². The Hall–Kier alpha value is -1.29. The van der Waals surface area contributed by atoms with Crippen LogP contribution in [0.1, 0.15) is 5.56 Å². The monoisotopic (exact) mass is 203 g/mol. The Morgan fingerprint density at radius 3 is 2.85 bits per heavy atom. The van der Waals surface area contributed by atoms with Gasteiger partial charge in [0.2, 0.25) is 0 Å². The maximum absolute atomic E-state index is 12.5. The number of hydrogen-bond acceptors (Lipinski definition) is 1. The van der Waals surface area contributed by atoms with Crippen molar-refractivity contribution in [1.82, 2.24) is 5.32 Å². The predicted molar refractivity (Wildman–Crippen MR) is 46.3 cm³/mol. The summed E-state index contributed by atoms with van der Waals surface area (Å²) in [5.74, 6) is -0.441. The molecule has 13 heavy (non-hydrogen) atoms. The van der Waals surface area contributed by atoms with Gasteiger partial charge in [0, 0.05) is 11.6 Å². The minimum atomic E-state index is -1.14. The van der Waals surface area contributed by atoms with Gasteiger partial charge in [0.25, 0.3) is 0 Å². The number of carboxylic acid groups (broad SMARTS) is 1. The first kappa shape index (κ1) is 9.80. The Morgan fingerprint density at radius 2 is 2.31 bits per heavy atom. The van der Waals surface area contributed by atoms with Gasteiger partial charge in [-0.05, 0) is 17.7 Å². The van der Waals surface area contributed by atoms with E-state index in [1.807, 2.05) is 0 Å². The lowest BCUT2D eigenvalue weighted by Crippen LogP contribution is -2.20. The van der Waals surface area contributed by atoms with E-state index in [2.05, 4.69) is 5.32 Å². The smallest absolute Gasteiger partial charge is 0.404 e. The first-order chi connectivity index (χ1) is 6.09. The van der Waals surface area contributed by atoms with E-state index in [4.69, 9.17) is 16.7 Å². The van der Waals surface area contributed by atoms with Gasteiger partial charge in [0.15, 0.2) is 0 Å². The first-order valence-electron chi connectivity index (χ1n) is 3.50. The molecule has 0 aliphatic heterocycles. The van der Waals surface area contributed by atoms with Crippen LogP contribution in [-0.2, 0) is 6.54 Å². The third kappa shape index (κ3) is 2.91. The molecule has 5 heteroatoms. The highest BCUT2D eigenvalue weighted by atomic mass is 35.5. The summed E-state index contributed by atoms with van der Waals surface area (Å²) in [5, 5.41) is 10.6. The average Bonchev–Trinajstić information content (AvgIpc) is 2.02. The number of amides is 1. The van der Waals surface area contributed by atoms with Gasteiger partial charge >= 0.3 is 6.09 Å². The number of halogens is 2. The number of carbonyl (C=O) groups is 1. The lowest BCUT2D eigenvalue weighted by molar-refractivity contribution is 0.194. The molecule has 70 valence electrons. The highest BCUT2D eigenvalue weighted by Crippen LogP contribution is 2.16.